The van der Waals surface area contributed by atoms with E-state index in [0.29, 0.717) is 0 Å². The molecule has 0 radical (unpaired) electrons. The number of halogens is 38. The number of rotatable bonds is 24. The van der Waals surface area contributed by atoms with E-state index in [2.05, 4.69) is 0 Å². The Morgan fingerprint density at radius 1 is 0.254 bits per heavy atom. The summed E-state index contributed by atoms with van der Waals surface area (Å²) < 4.78 is 519. The van der Waals surface area contributed by atoms with Crippen LogP contribution in [-0.2, 0) is 0 Å². The van der Waals surface area contributed by atoms with Gasteiger partial charge < -0.3 is 5.40 Å². The fraction of sp³-hybridized carbons (Fsp3) is 1.00. The molecule has 0 aromatic rings. The lowest BCUT2D eigenvalue weighted by atomic mass is 9.87. The van der Waals surface area contributed by atoms with E-state index < -0.39 is 159 Å². The van der Waals surface area contributed by atoms with Crippen LogP contribution >= 0.6 is 0 Å². The van der Waals surface area contributed by atoms with Crippen LogP contribution in [-0.4, -0.2) is 115 Å². The van der Waals surface area contributed by atoms with Crippen molar-refractivity contribution in [3.8, 4) is 0 Å². The lowest BCUT2D eigenvalue weighted by Crippen LogP contribution is -2.75. The van der Waals surface area contributed by atoms with Crippen molar-refractivity contribution in [1.29, 1.82) is 0 Å². The number of hydrogen-bond donors (Lipinski definition) is 1. The Morgan fingerprint density at radius 2 is 0.433 bits per heavy atom. The summed E-state index contributed by atoms with van der Waals surface area (Å²) in [4.78, 5) is 0. The second-order valence-electron chi connectivity index (χ2n) is 14.3. The van der Waals surface area contributed by atoms with Crippen LogP contribution in [0.3, 0.4) is 0 Å². The third-order valence-electron chi connectivity index (χ3n) is 9.51. The van der Waals surface area contributed by atoms with Crippen LogP contribution < -0.4 is 5.40 Å². The van der Waals surface area contributed by atoms with Gasteiger partial charge in [0.15, 0.2) is 0 Å². The van der Waals surface area contributed by atoms with Gasteiger partial charge in [0.25, 0.3) is 0 Å². The van der Waals surface area contributed by atoms with E-state index in [9.17, 15) is 167 Å². The third-order valence-corrected chi connectivity index (χ3v) is 13.4. The van der Waals surface area contributed by atoms with E-state index >= 15 is 0 Å². The van der Waals surface area contributed by atoms with Gasteiger partial charge in [-0.15, -0.1) is 0 Å². The summed E-state index contributed by atoms with van der Waals surface area (Å²) in [6.45, 7) is 1.09. The summed E-state index contributed by atoms with van der Waals surface area (Å²) in [5.74, 6) is -142. The molecule has 404 valence electrons. The molecule has 0 atom stereocenters. The maximum absolute atomic E-state index is 14.6. The summed E-state index contributed by atoms with van der Waals surface area (Å²) in [7, 11) is -5.74. The van der Waals surface area contributed by atoms with Gasteiger partial charge in [0, 0.05) is 12.8 Å². The van der Waals surface area contributed by atoms with Crippen molar-refractivity contribution in [1.82, 2.24) is 0 Å². The first-order valence-electron chi connectivity index (χ1n) is 16.4. The average molecular weight is 1110 g/mol. The quantitative estimate of drug-likeness (QED) is 0.0582. The molecule has 40 heteroatoms. The molecule has 0 fully saturated rings. The SMILES string of the molecule is CCCCC[Si](N)(CCC(F)(F)C(F)(F)C(F)(F)C(F)(F)C(F)(F)C(F)(F)C(F)(F)C(F)(F)C(F)(F)F)CCC(F)(F)C(F)(F)C(F)(F)C(F)(F)C(F)(F)C(F)(F)C(F)(F)C(F)(F)C(F)(F)F. The van der Waals surface area contributed by atoms with Crippen LogP contribution in [0, 0.1) is 0 Å². The standard InChI is InChI=1S/C27H21F38NSi/c1-2-3-4-7-67(66,8-5-10(28,29)12(32,33)14(36,37)16(40,41)18(44,45)20(48,49)22(52,53)24(56,57)26(60,61)62)9-6-11(30,31)13(34,35)15(38,39)17(42,43)19(46,47)21(50,51)23(54,55)25(58,59)27(63,64)65/h2-9,66H2,1H3. The number of hydrogen-bond acceptors (Lipinski definition) is 1. The van der Waals surface area contributed by atoms with Crippen LogP contribution in [0.5, 0.6) is 0 Å². The minimum atomic E-state index is -9.42. The van der Waals surface area contributed by atoms with Crippen molar-refractivity contribution in [2.45, 2.75) is 164 Å². The van der Waals surface area contributed by atoms with Gasteiger partial charge in [-0.2, -0.15) is 167 Å². The smallest absolute Gasteiger partial charge is 0.351 e. The topological polar surface area (TPSA) is 26.0 Å². The fourth-order valence-electron chi connectivity index (χ4n) is 5.02. The Balaban J connectivity index is 7.25. The lowest BCUT2D eigenvalue weighted by molar-refractivity contribution is -0.468. The monoisotopic (exact) mass is 1110 g/mol. The van der Waals surface area contributed by atoms with E-state index in [1.54, 1.807) is 0 Å². The molecule has 0 aromatic heterocycles. The highest BCUT2D eigenvalue weighted by molar-refractivity contribution is 6.76. The van der Waals surface area contributed by atoms with Gasteiger partial charge in [-0.05, 0) is 18.1 Å². The zero-order valence-electron chi connectivity index (χ0n) is 31.1. The van der Waals surface area contributed by atoms with Crippen LogP contribution in [0.4, 0.5) is 167 Å². The Kier molecular flexibility index (Phi) is 16.7. The van der Waals surface area contributed by atoms with Crippen molar-refractivity contribution in [3.63, 3.8) is 0 Å². The molecule has 0 aliphatic carbocycles. The summed E-state index contributed by atoms with van der Waals surface area (Å²) in [6.07, 6.45) is -25.4. The van der Waals surface area contributed by atoms with E-state index in [0.717, 1.165) is 6.92 Å². The fourth-order valence-corrected chi connectivity index (χ4v) is 8.34. The molecule has 0 saturated heterocycles. The first-order chi connectivity index (χ1) is 28.5. The molecule has 0 aromatic carbocycles. The van der Waals surface area contributed by atoms with Gasteiger partial charge in [-0.3, -0.25) is 0 Å². The van der Waals surface area contributed by atoms with Gasteiger partial charge in [-0.1, -0.05) is 26.2 Å². The molecule has 0 bridgehead atoms. The van der Waals surface area contributed by atoms with Gasteiger partial charge in [0.05, 0.1) is 0 Å². The lowest BCUT2D eigenvalue weighted by Gasteiger charge is -2.44. The van der Waals surface area contributed by atoms with Crippen molar-refractivity contribution in [2.24, 2.45) is 5.40 Å². The molecule has 0 amide bonds. The van der Waals surface area contributed by atoms with Gasteiger partial charge in [0.1, 0.15) is 8.24 Å². The highest BCUT2D eigenvalue weighted by Crippen LogP contribution is 2.68. The Hall–Kier alpha value is -2.48. The van der Waals surface area contributed by atoms with Crippen LogP contribution in [0.25, 0.3) is 0 Å². The van der Waals surface area contributed by atoms with Crippen LogP contribution in [0.2, 0.25) is 18.1 Å². The molecule has 67 heavy (non-hydrogen) atoms. The maximum Gasteiger partial charge on any atom is 0.460 e. The third kappa shape index (κ3) is 9.21. The Labute approximate surface area is 345 Å². The molecule has 0 rings (SSSR count). The van der Waals surface area contributed by atoms with Crippen molar-refractivity contribution in [3.05, 3.63) is 0 Å². The molecule has 2 N–H and O–H groups in total. The van der Waals surface area contributed by atoms with Gasteiger partial charge in [0.2, 0.25) is 0 Å². The van der Waals surface area contributed by atoms with E-state index in [4.69, 9.17) is 5.40 Å². The maximum atomic E-state index is 14.6. The zero-order chi connectivity index (χ0) is 55.2. The Morgan fingerprint density at radius 3 is 0.612 bits per heavy atom. The first kappa shape index (κ1) is 64.5. The molecular formula is C27H21F38NSi. The highest BCUT2D eigenvalue weighted by atomic mass is 28.3. The summed E-state index contributed by atoms with van der Waals surface area (Å²) in [5.41, 5.74) is 0. The second-order valence-corrected chi connectivity index (χ2v) is 18.5. The number of alkyl halides is 38. The summed E-state index contributed by atoms with van der Waals surface area (Å²) in [5, 5.41) is 5.31. The van der Waals surface area contributed by atoms with Crippen molar-refractivity contribution < 1.29 is 167 Å². The number of nitrogens with two attached hydrogens (primary N) is 1. The average Bonchev–Trinajstić information content (AvgIpc) is 3.11. The zero-order valence-corrected chi connectivity index (χ0v) is 32.1. The number of unbranched alkanes of at least 4 members (excludes halogenated alkanes) is 2. The molecule has 1 nitrogen and oxygen atoms in total. The normalized spacial score (nSPS) is 16.8. The van der Waals surface area contributed by atoms with Gasteiger partial charge in [-0.25, -0.2) is 0 Å². The highest BCUT2D eigenvalue weighted by Gasteiger charge is 2.98. The molecule has 0 unspecified atom stereocenters. The molecule has 0 saturated carbocycles. The predicted molar refractivity (Wildman–Crippen MR) is 144 cm³/mol. The minimum absolute atomic E-state index is 0.241. The van der Waals surface area contributed by atoms with E-state index in [1.165, 1.54) is 0 Å². The van der Waals surface area contributed by atoms with E-state index in [-0.39, 0.29) is 6.42 Å². The first-order valence-corrected chi connectivity index (χ1v) is 19.1. The van der Waals surface area contributed by atoms with Gasteiger partial charge >= 0.3 is 107 Å². The molecule has 0 aliphatic rings. The predicted octanol–water partition coefficient (Wildman–Crippen LogP) is 15.2. The second kappa shape index (κ2) is 17.4. The van der Waals surface area contributed by atoms with Crippen molar-refractivity contribution in [2.75, 3.05) is 0 Å². The van der Waals surface area contributed by atoms with Crippen molar-refractivity contribution >= 4 is 8.24 Å². The summed E-state index contributed by atoms with van der Waals surface area (Å²) in [6, 6.07) is -6.84. The molecule has 0 aliphatic heterocycles. The minimum Gasteiger partial charge on any atom is -0.351 e. The van der Waals surface area contributed by atoms with Crippen LogP contribution in [0.15, 0.2) is 0 Å². The van der Waals surface area contributed by atoms with Crippen LogP contribution in [0.1, 0.15) is 39.0 Å². The Bertz CT molecular complexity index is 1570. The molecule has 0 spiro atoms. The molecular weight excluding hydrogens is 1090 g/mol. The molecule has 0 heterocycles. The largest absolute Gasteiger partial charge is 0.460 e. The van der Waals surface area contributed by atoms with E-state index in [1.807, 2.05) is 0 Å². The summed E-state index contributed by atoms with van der Waals surface area (Å²) >= 11 is 0.